The van der Waals surface area contributed by atoms with Crippen LogP contribution < -0.4 is 10.2 Å². The number of nitrogens with one attached hydrogen (secondary N) is 1. The number of unbranched alkanes of at least 4 members (excludes halogenated alkanes) is 41. The maximum atomic E-state index is 12.9. The second-order valence-corrected chi connectivity index (χ2v) is 23.5. The van der Waals surface area contributed by atoms with Crippen LogP contribution in [0.25, 0.3) is 0 Å². The number of aliphatic hydroxyl groups is 1. The molecule has 0 saturated carbocycles. The van der Waals surface area contributed by atoms with Crippen LogP contribution in [0.2, 0.25) is 0 Å². The van der Waals surface area contributed by atoms with E-state index in [1.54, 1.807) is 6.08 Å². The molecule has 2 N–H and O–H groups in total. The fourth-order valence-corrected chi connectivity index (χ4v) is 9.90. The number of allylic oxidation sites excluding steroid dienone is 3. The number of carbonyl (C=O) groups is 1. The summed E-state index contributed by atoms with van der Waals surface area (Å²) in [5.74, 6) is -0.202. The fraction of sp³-hybridized carbons (Fsp3) is 0.917. The summed E-state index contributed by atoms with van der Waals surface area (Å²) in [6, 6.07) is -0.900. The summed E-state index contributed by atoms with van der Waals surface area (Å²) in [5.41, 5.74) is 0. The van der Waals surface area contributed by atoms with Crippen LogP contribution in [0.5, 0.6) is 0 Å². The minimum Gasteiger partial charge on any atom is -0.756 e. The summed E-state index contributed by atoms with van der Waals surface area (Å²) >= 11 is 0. The van der Waals surface area contributed by atoms with Crippen LogP contribution in [-0.4, -0.2) is 68.5 Å². The molecule has 410 valence electrons. The summed E-state index contributed by atoms with van der Waals surface area (Å²) < 4.78 is 23.3. The Morgan fingerprint density at radius 1 is 0.493 bits per heavy atom. The monoisotopic (exact) mass is 995 g/mol. The molecule has 0 aliphatic carbocycles. The number of phosphoric ester groups is 1. The number of hydrogen-bond acceptors (Lipinski definition) is 6. The fourth-order valence-electron chi connectivity index (χ4n) is 9.17. The Balaban J connectivity index is 4.12. The van der Waals surface area contributed by atoms with Crippen molar-refractivity contribution in [1.82, 2.24) is 5.32 Å². The summed E-state index contributed by atoms with van der Waals surface area (Å²) in [5, 5.41) is 13.9. The number of amides is 1. The minimum absolute atomic E-state index is 0.00375. The van der Waals surface area contributed by atoms with Gasteiger partial charge in [-0.15, -0.1) is 0 Å². The van der Waals surface area contributed by atoms with Crippen molar-refractivity contribution < 1.29 is 32.9 Å². The number of quaternary nitrogens is 1. The number of carbonyl (C=O) groups excluding carboxylic acids is 1. The van der Waals surface area contributed by atoms with E-state index in [1.807, 2.05) is 27.2 Å². The number of nitrogens with zero attached hydrogens (tertiary/aromatic N) is 1. The molecule has 0 radical (unpaired) electrons. The van der Waals surface area contributed by atoms with Crippen LogP contribution in [-0.2, 0) is 18.4 Å². The van der Waals surface area contributed by atoms with Gasteiger partial charge in [0.2, 0.25) is 5.91 Å². The highest BCUT2D eigenvalue weighted by molar-refractivity contribution is 7.45. The molecule has 0 bridgehead atoms. The molecule has 0 aliphatic rings. The van der Waals surface area contributed by atoms with E-state index in [0.29, 0.717) is 17.4 Å². The molecule has 0 aromatic rings. The van der Waals surface area contributed by atoms with Crippen molar-refractivity contribution in [2.75, 3.05) is 40.9 Å². The molecular formula is C60H119N2O6P. The van der Waals surface area contributed by atoms with Gasteiger partial charge in [0, 0.05) is 6.42 Å². The Hall–Kier alpha value is -1.02. The third kappa shape index (κ3) is 54.6. The van der Waals surface area contributed by atoms with Gasteiger partial charge in [0.05, 0.1) is 39.9 Å². The smallest absolute Gasteiger partial charge is 0.268 e. The first-order chi connectivity index (χ1) is 33.5. The highest BCUT2D eigenvalue weighted by Gasteiger charge is 2.23. The van der Waals surface area contributed by atoms with Gasteiger partial charge in [-0.25, -0.2) is 0 Å². The van der Waals surface area contributed by atoms with E-state index in [-0.39, 0.29) is 19.1 Å². The van der Waals surface area contributed by atoms with Crippen LogP contribution in [0, 0.1) is 0 Å². The zero-order valence-electron chi connectivity index (χ0n) is 46.8. The van der Waals surface area contributed by atoms with Crippen LogP contribution in [0.3, 0.4) is 0 Å². The maximum absolute atomic E-state index is 12.9. The second kappa shape index (κ2) is 51.9. The van der Waals surface area contributed by atoms with Crippen molar-refractivity contribution in [1.29, 1.82) is 0 Å². The Kier molecular flexibility index (Phi) is 51.1. The van der Waals surface area contributed by atoms with Crippen molar-refractivity contribution in [3.63, 3.8) is 0 Å². The van der Waals surface area contributed by atoms with Crippen LogP contribution in [0.15, 0.2) is 24.3 Å². The lowest BCUT2D eigenvalue weighted by Gasteiger charge is -2.29. The van der Waals surface area contributed by atoms with Crippen LogP contribution in [0.1, 0.15) is 303 Å². The highest BCUT2D eigenvalue weighted by Crippen LogP contribution is 2.38. The van der Waals surface area contributed by atoms with E-state index in [1.165, 1.54) is 244 Å². The summed E-state index contributed by atoms with van der Waals surface area (Å²) in [7, 11) is 1.26. The Morgan fingerprint density at radius 3 is 1.17 bits per heavy atom. The van der Waals surface area contributed by atoms with Gasteiger partial charge in [0.25, 0.3) is 7.82 Å². The second-order valence-electron chi connectivity index (χ2n) is 22.1. The lowest BCUT2D eigenvalue weighted by Crippen LogP contribution is -2.45. The van der Waals surface area contributed by atoms with E-state index in [9.17, 15) is 19.4 Å². The van der Waals surface area contributed by atoms with Gasteiger partial charge < -0.3 is 28.8 Å². The molecule has 69 heavy (non-hydrogen) atoms. The predicted octanol–water partition coefficient (Wildman–Crippen LogP) is 17.7. The average Bonchev–Trinajstić information content (AvgIpc) is 3.31. The van der Waals surface area contributed by atoms with Gasteiger partial charge in [-0.1, -0.05) is 289 Å². The van der Waals surface area contributed by atoms with Crippen molar-refractivity contribution in [3.05, 3.63) is 24.3 Å². The van der Waals surface area contributed by atoms with E-state index in [2.05, 4.69) is 31.3 Å². The quantitative estimate of drug-likeness (QED) is 0.0272. The largest absolute Gasteiger partial charge is 0.756 e. The van der Waals surface area contributed by atoms with Crippen molar-refractivity contribution in [2.24, 2.45) is 0 Å². The predicted molar refractivity (Wildman–Crippen MR) is 298 cm³/mol. The van der Waals surface area contributed by atoms with Crippen molar-refractivity contribution >= 4 is 13.7 Å². The SMILES string of the molecule is CCCCCCCCCCCCCCCCCCCCCCCCCCC/C=C/CC/C=C/C(O)C(COP(=O)([O-])OCC[N+](C)(C)C)NC(=O)CCCCCCCCCCCCCCCCCC. The number of rotatable bonds is 56. The van der Waals surface area contributed by atoms with Crippen LogP contribution >= 0.6 is 7.82 Å². The van der Waals surface area contributed by atoms with Gasteiger partial charge in [-0.2, -0.15) is 0 Å². The van der Waals surface area contributed by atoms with Gasteiger partial charge in [-0.05, 0) is 32.1 Å². The first kappa shape index (κ1) is 68.0. The lowest BCUT2D eigenvalue weighted by molar-refractivity contribution is -0.870. The molecule has 3 atom stereocenters. The van der Waals surface area contributed by atoms with E-state index in [4.69, 9.17) is 9.05 Å². The Labute approximate surface area is 430 Å². The minimum atomic E-state index is -4.60. The van der Waals surface area contributed by atoms with Crippen molar-refractivity contribution in [2.45, 2.75) is 315 Å². The van der Waals surface area contributed by atoms with Gasteiger partial charge in [0.1, 0.15) is 13.2 Å². The van der Waals surface area contributed by atoms with Gasteiger partial charge >= 0.3 is 0 Å². The number of aliphatic hydroxyl groups excluding tert-OH is 1. The first-order valence-corrected chi connectivity index (χ1v) is 31.7. The average molecular weight is 996 g/mol. The Morgan fingerprint density at radius 2 is 0.812 bits per heavy atom. The van der Waals surface area contributed by atoms with E-state index >= 15 is 0 Å². The third-order valence-electron chi connectivity index (χ3n) is 13.9. The molecule has 0 spiro atoms. The van der Waals surface area contributed by atoms with E-state index < -0.39 is 20.0 Å². The normalized spacial score (nSPS) is 14.0. The van der Waals surface area contributed by atoms with Crippen LogP contribution in [0.4, 0.5) is 0 Å². The topological polar surface area (TPSA) is 108 Å². The first-order valence-electron chi connectivity index (χ1n) is 30.2. The summed E-state index contributed by atoms with van der Waals surface area (Å²) in [6.07, 6.45) is 65.6. The zero-order chi connectivity index (χ0) is 50.6. The molecule has 0 aromatic heterocycles. The molecule has 9 heteroatoms. The third-order valence-corrected chi connectivity index (χ3v) is 14.9. The maximum Gasteiger partial charge on any atom is 0.268 e. The molecular weight excluding hydrogens is 876 g/mol. The molecule has 8 nitrogen and oxygen atoms in total. The molecule has 0 saturated heterocycles. The summed E-state index contributed by atoms with van der Waals surface area (Å²) in [6.45, 7) is 4.67. The molecule has 0 fully saturated rings. The summed E-state index contributed by atoms with van der Waals surface area (Å²) in [4.78, 5) is 25.5. The lowest BCUT2D eigenvalue weighted by atomic mass is 10.0. The molecule has 0 aromatic carbocycles. The molecule has 3 unspecified atom stereocenters. The van der Waals surface area contributed by atoms with E-state index in [0.717, 1.165) is 38.5 Å². The molecule has 1 amide bonds. The standard InChI is InChI=1S/C60H119N2O6P/c1-6-8-10-12-14-16-18-20-22-24-25-26-27-28-29-30-31-32-33-34-35-36-37-38-39-41-43-45-47-49-51-53-59(63)58(57-68-69(65,66)67-56-55-62(3,4)5)61-60(64)54-52-50-48-46-44-42-40-23-21-19-17-15-13-11-9-7-2/h43,45,51,53,58-59,63H,6-42,44,46-50,52,54-57H2,1-5H3,(H-,61,64,65,66)/b45-43+,53-51+. The van der Waals surface area contributed by atoms with Gasteiger partial charge in [-0.3, -0.25) is 9.36 Å². The van der Waals surface area contributed by atoms with Gasteiger partial charge in [0.15, 0.2) is 0 Å². The molecule has 0 aliphatic heterocycles. The highest BCUT2D eigenvalue weighted by atomic mass is 31.2. The molecule has 0 heterocycles. The molecule has 0 rings (SSSR count). The zero-order valence-corrected chi connectivity index (χ0v) is 47.7. The Bertz CT molecular complexity index is 1170. The number of hydrogen-bond donors (Lipinski definition) is 2. The van der Waals surface area contributed by atoms with Crippen molar-refractivity contribution in [3.8, 4) is 0 Å². The number of phosphoric acid groups is 1. The number of likely N-dealkylation sites (N-methyl/N-ethyl adjacent to an activating group) is 1.